The number of amides is 1. The van der Waals surface area contributed by atoms with Gasteiger partial charge in [0.15, 0.2) is 5.58 Å². The minimum absolute atomic E-state index is 0.129. The molecule has 2 aromatic carbocycles. The summed E-state index contributed by atoms with van der Waals surface area (Å²) < 4.78 is 5.47. The molecular formula is C23H17N3O2S2. The molecule has 7 heteroatoms. The number of benzene rings is 2. The number of thiophene rings is 1. The van der Waals surface area contributed by atoms with Crippen LogP contribution in [0.3, 0.4) is 0 Å². The van der Waals surface area contributed by atoms with Crippen molar-refractivity contribution in [2.24, 2.45) is 0 Å². The second-order valence-corrected chi connectivity index (χ2v) is 8.80. The van der Waals surface area contributed by atoms with Crippen molar-refractivity contribution in [3.63, 3.8) is 0 Å². The van der Waals surface area contributed by atoms with E-state index in [0.717, 1.165) is 26.5 Å². The Kier molecular flexibility index (Phi) is 4.90. The highest BCUT2D eigenvalue weighted by molar-refractivity contribution is 7.13. The Morgan fingerprint density at radius 2 is 1.97 bits per heavy atom. The second-order valence-electron chi connectivity index (χ2n) is 6.91. The van der Waals surface area contributed by atoms with Crippen molar-refractivity contribution < 1.29 is 9.32 Å². The minimum atomic E-state index is -0.129. The number of hydrogen-bond acceptors (Lipinski definition) is 6. The van der Waals surface area contributed by atoms with Crippen molar-refractivity contribution >= 4 is 39.5 Å². The molecule has 0 saturated heterocycles. The van der Waals surface area contributed by atoms with Crippen molar-refractivity contribution in [2.75, 3.05) is 0 Å². The zero-order valence-electron chi connectivity index (χ0n) is 16.1. The van der Waals surface area contributed by atoms with Gasteiger partial charge in [-0.25, -0.2) is 4.98 Å². The van der Waals surface area contributed by atoms with Gasteiger partial charge in [-0.3, -0.25) is 4.79 Å². The van der Waals surface area contributed by atoms with Crippen molar-refractivity contribution in [3.05, 3.63) is 81.4 Å². The van der Waals surface area contributed by atoms with Gasteiger partial charge < -0.3 is 9.84 Å². The molecule has 0 saturated carbocycles. The lowest BCUT2D eigenvalue weighted by Gasteiger charge is -2.03. The molecule has 3 heterocycles. The molecule has 0 aliphatic carbocycles. The lowest BCUT2D eigenvalue weighted by atomic mass is 10.1. The van der Waals surface area contributed by atoms with Crippen LogP contribution in [0, 0.1) is 6.92 Å². The van der Waals surface area contributed by atoms with E-state index in [2.05, 4.69) is 41.7 Å². The van der Waals surface area contributed by atoms with E-state index in [9.17, 15) is 4.79 Å². The van der Waals surface area contributed by atoms with Crippen LogP contribution in [0.15, 0.2) is 69.9 Å². The normalized spacial score (nSPS) is 11.1. The monoisotopic (exact) mass is 431 g/mol. The summed E-state index contributed by atoms with van der Waals surface area (Å²) in [7, 11) is 0. The quantitative estimate of drug-likeness (QED) is 0.375. The van der Waals surface area contributed by atoms with E-state index in [1.54, 1.807) is 34.8 Å². The summed E-state index contributed by atoms with van der Waals surface area (Å²) in [4.78, 5) is 18.5. The van der Waals surface area contributed by atoms with E-state index < -0.39 is 0 Å². The third kappa shape index (κ3) is 3.65. The van der Waals surface area contributed by atoms with Crippen LogP contribution in [0.2, 0.25) is 0 Å². The molecule has 0 spiro atoms. The Bertz CT molecular complexity index is 1320. The summed E-state index contributed by atoms with van der Waals surface area (Å²) in [5, 5.41) is 12.8. The van der Waals surface area contributed by atoms with Crippen LogP contribution in [0.4, 0.5) is 0 Å². The van der Waals surface area contributed by atoms with Gasteiger partial charge in [-0.1, -0.05) is 41.1 Å². The molecule has 5 nitrogen and oxygen atoms in total. The zero-order valence-corrected chi connectivity index (χ0v) is 17.7. The smallest absolute Gasteiger partial charge is 0.251 e. The van der Waals surface area contributed by atoms with Gasteiger partial charge in [-0.05, 0) is 36.6 Å². The largest absolute Gasteiger partial charge is 0.356 e. The van der Waals surface area contributed by atoms with Gasteiger partial charge in [-0.15, -0.1) is 22.7 Å². The van der Waals surface area contributed by atoms with Gasteiger partial charge in [-0.2, -0.15) is 0 Å². The van der Waals surface area contributed by atoms with E-state index in [1.807, 2.05) is 29.0 Å². The lowest BCUT2D eigenvalue weighted by molar-refractivity contribution is 0.0951. The highest BCUT2D eigenvalue weighted by atomic mass is 32.1. The van der Waals surface area contributed by atoms with E-state index in [4.69, 9.17) is 9.51 Å². The summed E-state index contributed by atoms with van der Waals surface area (Å²) in [6, 6.07) is 17.6. The van der Waals surface area contributed by atoms with Crippen molar-refractivity contribution in [1.82, 2.24) is 15.5 Å². The van der Waals surface area contributed by atoms with Gasteiger partial charge in [0.1, 0.15) is 16.4 Å². The molecule has 1 amide bonds. The molecule has 1 N–H and O–H groups in total. The molecule has 0 atom stereocenters. The summed E-state index contributed by atoms with van der Waals surface area (Å²) >= 11 is 3.18. The highest BCUT2D eigenvalue weighted by Gasteiger charge is 2.17. The fourth-order valence-electron chi connectivity index (χ4n) is 3.16. The summed E-state index contributed by atoms with van der Waals surface area (Å²) in [5.41, 5.74) is 4.86. The van der Waals surface area contributed by atoms with Crippen molar-refractivity contribution in [1.29, 1.82) is 0 Å². The number of rotatable bonds is 5. The number of nitrogens with zero attached hydrogens (tertiary/aromatic N) is 2. The van der Waals surface area contributed by atoms with Crippen LogP contribution in [0.1, 0.15) is 20.8 Å². The topological polar surface area (TPSA) is 68.0 Å². The first-order chi connectivity index (χ1) is 14.7. The predicted molar refractivity (Wildman–Crippen MR) is 121 cm³/mol. The minimum Gasteiger partial charge on any atom is -0.356 e. The van der Waals surface area contributed by atoms with Crippen LogP contribution >= 0.6 is 22.7 Å². The van der Waals surface area contributed by atoms with Crippen LogP contribution in [0.25, 0.3) is 32.9 Å². The molecule has 5 rings (SSSR count). The molecule has 0 radical (unpaired) electrons. The lowest BCUT2D eigenvalue weighted by Crippen LogP contribution is -2.22. The molecule has 0 bridgehead atoms. The molecular weight excluding hydrogens is 414 g/mol. The molecule has 148 valence electrons. The Labute approximate surface area is 181 Å². The number of aryl methyl sites for hydroxylation is 1. The number of aromatic nitrogens is 2. The number of fused-ring (bicyclic) bond motifs is 1. The van der Waals surface area contributed by atoms with E-state index >= 15 is 0 Å². The molecule has 3 aromatic heterocycles. The summed E-state index contributed by atoms with van der Waals surface area (Å²) in [5.74, 6) is -0.129. The predicted octanol–water partition coefficient (Wildman–Crippen LogP) is 5.92. The van der Waals surface area contributed by atoms with E-state index in [-0.39, 0.29) is 5.91 Å². The molecule has 0 aliphatic heterocycles. The van der Waals surface area contributed by atoms with Crippen LogP contribution < -0.4 is 5.32 Å². The van der Waals surface area contributed by atoms with Gasteiger partial charge in [0.05, 0.1) is 11.9 Å². The summed E-state index contributed by atoms with van der Waals surface area (Å²) in [6.45, 7) is 2.57. The van der Waals surface area contributed by atoms with E-state index in [0.29, 0.717) is 23.4 Å². The van der Waals surface area contributed by atoms with Crippen LogP contribution in [-0.4, -0.2) is 16.0 Å². The fraction of sp³-hybridized carbons (Fsp3) is 0.0870. The van der Waals surface area contributed by atoms with E-state index in [1.165, 1.54) is 5.56 Å². The number of carbonyl (C=O) groups excluding carboxylic acids is 1. The van der Waals surface area contributed by atoms with Gasteiger partial charge >= 0.3 is 0 Å². The first-order valence-corrected chi connectivity index (χ1v) is 11.2. The molecule has 0 aliphatic rings. The number of thiazole rings is 1. The SMILES string of the molecule is Cc1ccc(-c2nc(-c3noc4ccc(C(=O)NCc5cccs5)cc34)cs2)cc1. The van der Waals surface area contributed by atoms with Crippen LogP contribution in [-0.2, 0) is 6.54 Å². The Hall–Kier alpha value is -3.29. The highest BCUT2D eigenvalue weighted by Crippen LogP contribution is 2.33. The van der Waals surface area contributed by atoms with Crippen molar-refractivity contribution in [2.45, 2.75) is 13.5 Å². The Morgan fingerprint density at radius 1 is 1.10 bits per heavy atom. The molecule has 30 heavy (non-hydrogen) atoms. The van der Waals surface area contributed by atoms with Gasteiger partial charge in [0.25, 0.3) is 5.91 Å². The Morgan fingerprint density at radius 3 is 2.77 bits per heavy atom. The maximum absolute atomic E-state index is 12.6. The third-order valence-corrected chi connectivity index (χ3v) is 6.55. The maximum atomic E-state index is 12.6. The number of nitrogens with one attached hydrogen (secondary N) is 1. The summed E-state index contributed by atoms with van der Waals surface area (Å²) in [6.07, 6.45) is 0. The third-order valence-electron chi connectivity index (χ3n) is 4.78. The van der Waals surface area contributed by atoms with Crippen molar-refractivity contribution in [3.8, 4) is 22.0 Å². The maximum Gasteiger partial charge on any atom is 0.251 e. The van der Waals surface area contributed by atoms with Gasteiger partial charge in [0, 0.05) is 21.4 Å². The number of hydrogen-bond donors (Lipinski definition) is 1. The average molecular weight is 432 g/mol. The molecule has 0 fully saturated rings. The van der Waals surface area contributed by atoms with Crippen LogP contribution in [0.5, 0.6) is 0 Å². The zero-order chi connectivity index (χ0) is 20.5. The number of carbonyl (C=O) groups is 1. The second kappa shape index (κ2) is 7.85. The first-order valence-electron chi connectivity index (χ1n) is 9.40. The molecule has 5 aromatic rings. The fourth-order valence-corrected chi connectivity index (χ4v) is 4.61. The Balaban J connectivity index is 1.43. The van der Waals surface area contributed by atoms with Gasteiger partial charge in [0.2, 0.25) is 0 Å². The first kappa shape index (κ1) is 18.7. The standard InChI is InChI=1S/C23H17N3O2S2/c1-14-4-6-15(7-5-14)23-25-19(13-30-23)21-18-11-16(8-9-20(18)28-26-21)22(27)24-12-17-3-2-10-29-17/h2-11,13H,12H2,1H3,(H,24,27). The average Bonchev–Trinajstić information content (AvgIpc) is 3.52. The molecule has 0 unspecified atom stereocenters.